The quantitative estimate of drug-likeness (QED) is 0.538. The van der Waals surface area contributed by atoms with E-state index in [4.69, 9.17) is 4.74 Å². The Balaban J connectivity index is 1.91. The number of aliphatic hydroxyl groups excluding tert-OH is 1. The van der Waals surface area contributed by atoms with Crippen LogP contribution in [-0.4, -0.2) is 43.2 Å². The van der Waals surface area contributed by atoms with E-state index in [1.165, 1.54) is 16.4 Å². The molecule has 8 heteroatoms. The summed E-state index contributed by atoms with van der Waals surface area (Å²) in [5.41, 5.74) is 2.14. The monoisotopic (exact) mass is 493 g/mol. The maximum absolute atomic E-state index is 13.6. The van der Waals surface area contributed by atoms with Crippen LogP contribution in [0.25, 0.3) is 0 Å². The number of hydrogen-bond acceptors (Lipinski definition) is 5. The van der Waals surface area contributed by atoms with Gasteiger partial charge in [-0.05, 0) is 72.6 Å². The molecule has 0 amide bonds. The molecule has 0 aromatic heterocycles. The number of rotatable bonds is 10. The molecule has 3 rings (SSSR count). The lowest BCUT2D eigenvalue weighted by molar-refractivity contribution is 0.0725. The van der Waals surface area contributed by atoms with E-state index in [0.717, 1.165) is 24.8 Å². The number of aryl methyl sites for hydroxylation is 1. The summed E-state index contributed by atoms with van der Waals surface area (Å²) in [7, 11) is -5.18. The molecular formula is C25H35NO5S2. The summed E-state index contributed by atoms with van der Waals surface area (Å²) in [6.07, 6.45) is 2.62. The molecule has 182 valence electrons. The van der Waals surface area contributed by atoms with Gasteiger partial charge >= 0.3 is 0 Å². The Morgan fingerprint density at radius 1 is 1.12 bits per heavy atom. The van der Waals surface area contributed by atoms with Crippen molar-refractivity contribution in [2.45, 2.75) is 56.4 Å². The third kappa shape index (κ3) is 6.44. The predicted octanol–water partition coefficient (Wildman–Crippen LogP) is 4.13. The van der Waals surface area contributed by atoms with Crippen molar-refractivity contribution in [3.63, 3.8) is 0 Å². The number of benzene rings is 2. The Bertz CT molecular complexity index is 1040. The fourth-order valence-electron chi connectivity index (χ4n) is 3.98. The molecule has 1 atom stereocenters. The van der Waals surface area contributed by atoms with Gasteiger partial charge in [-0.1, -0.05) is 32.9 Å². The van der Waals surface area contributed by atoms with Crippen molar-refractivity contribution in [1.82, 2.24) is 0 Å². The largest absolute Gasteiger partial charge is 0.392 e. The molecule has 0 radical (unpaired) electrons. The van der Waals surface area contributed by atoms with Crippen LogP contribution in [0.1, 0.15) is 44.7 Å². The average molecular weight is 494 g/mol. The lowest BCUT2D eigenvalue weighted by Crippen LogP contribution is -2.34. The molecule has 6 nitrogen and oxygen atoms in total. The Morgan fingerprint density at radius 3 is 2.36 bits per heavy atom. The Kier molecular flexibility index (Phi) is 9.09. The average Bonchev–Trinajstić information content (AvgIpc) is 2.82. The highest BCUT2D eigenvalue weighted by Gasteiger charge is 2.27. The Hall–Kier alpha value is -1.74. The highest BCUT2D eigenvalue weighted by Crippen LogP contribution is 2.29. The van der Waals surface area contributed by atoms with Crippen molar-refractivity contribution in [2.24, 2.45) is 11.8 Å². The van der Waals surface area contributed by atoms with Crippen molar-refractivity contribution in [1.29, 1.82) is 0 Å². The van der Waals surface area contributed by atoms with Crippen molar-refractivity contribution in [3.05, 3.63) is 53.6 Å². The fraction of sp³-hybridized carbons (Fsp3) is 0.520. The number of anilines is 1. The van der Waals surface area contributed by atoms with E-state index in [0.29, 0.717) is 47.6 Å². The first-order valence-corrected chi connectivity index (χ1v) is 14.3. The van der Waals surface area contributed by atoms with Crippen molar-refractivity contribution in [3.8, 4) is 0 Å². The molecule has 0 spiro atoms. The molecule has 2 aromatic carbocycles. The summed E-state index contributed by atoms with van der Waals surface area (Å²) < 4.78 is 47.1. The molecule has 33 heavy (non-hydrogen) atoms. The minimum atomic E-state index is -3.86. The van der Waals surface area contributed by atoms with Crippen molar-refractivity contribution < 1.29 is 22.5 Å². The zero-order valence-corrected chi connectivity index (χ0v) is 21.3. The first kappa shape index (κ1) is 25.9. The smallest absolute Gasteiger partial charge is 0.264 e. The zero-order valence-electron chi connectivity index (χ0n) is 19.7. The normalized spacial score (nSPS) is 16.2. The van der Waals surface area contributed by atoms with E-state index in [9.17, 15) is 17.7 Å². The molecule has 1 N–H and O–H groups in total. The molecule has 0 bridgehead atoms. The van der Waals surface area contributed by atoms with Gasteiger partial charge < -0.3 is 9.84 Å². The summed E-state index contributed by atoms with van der Waals surface area (Å²) >= 11 is 0. The second-order valence-electron chi connectivity index (χ2n) is 8.95. The molecule has 0 aliphatic carbocycles. The highest BCUT2D eigenvalue weighted by molar-refractivity contribution is 7.92. The topological polar surface area (TPSA) is 83.9 Å². The van der Waals surface area contributed by atoms with E-state index >= 15 is 0 Å². The number of aliphatic hydroxyl groups is 1. The maximum atomic E-state index is 13.6. The first-order valence-electron chi connectivity index (χ1n) is 11.6. The van der Waals surface area contributed by atoms with Gasteiger partial charge in [-0.2, -0.15) is 0 Å². The molecule has 1 aliphatic heterocycles. The van der Waals surface area contributed by atoms with Gasteiger partial charge in [0.2, 0.25) is 0 Å². The maximum Gasteiger partial charge on any atom is 0.264 e. The van der Waals surface area contributed by atoms with Gasteiger partial charge in [-0.3, -0.25) is 8.51 Å². The van der Waals surface area contributed by atoms with Crippen LogP contribution in [0.5, 0.6) is 0 Å². The minimum absolute atomic E-state index is 0.0959. The zero-order chi connectivity index (χ0) is 24.0. The van der Waals surface area contributed by atoms with E-state index < -0.39 is 20.8 Å². The first-order chi connectivity index (χ1) is 15.8. The Morgan fingerprint density at radius 2 is 1.79 bits per heavy atom. The van der Waals surface area contributed by atoms with Crippen LogP contribution in [0.15, 0.2) is 52.3 Å². The van der Waals surface area contributed by atoms with Crippen LogP contribution >= 0.6 is 0 Å². The van der Waals surface area contributed by atoms with Gasteiger partial charge in [0.1, 0.15) is 0 Å². The van der Waals surface area contributed by atoms with Crippen LogP contribution in [0.4, 0.5) is 5.69 Å². The Labute approximate surface area is 200 Å². The fourth-order valence-corrected chi connectivity index (χ4v) is 7.23. The number of sulfonamides is 1. The van der Waals surface area contributed by atoms with E-state index in [-0.39, 0.29) is 17.4 Å². The summed E-state index contributed by atoms with van der Waals surface area (Å²) in [6.45, 7) is 7.33. The molecule has 1 heterocycles. The van der Waals surface area contributed by atoms with Crippen molar-refractivity contribution in [2.75, 3.05) is 29.8 Å². The lowest BCUT2D eigenvalue weighted by Gasteiger charge is -2.27. The van der Waals surface area contributed by atoms with E-state index in [2.05, 4.69) is 6.92 Å². The highest BCUT2D eigenvalue weighted by atomic mass is 32.2. The second-order valence-corrected chi connectivity index (χ2v) is 12.3. The van der Waals surface area contributed by atoms with Gasteiger partial charge in [0.05, 0.1) is 28.0 Å². The molecule has 1 unspecified atom stereocenters. The van der Waals surface area contributed by atoms with E-state index in [1.54, 1.807) is 6.07 Å². The molecule has 1 aliphatic rings. The minimum Gasteiger partial charge on any atom is -0.392 e. The van der Waals surface area contributed by atoms with Crippen molar-refractivity contribution >= 4 is 26.5 Å². The molecule has 1 fully saturated rings. The van der Waals surface area contributed by atoms with Crippen LogP contribution in [0.2, 0.25) is 0 Å². The molecular weight excluding hydrogens is 458 g/mol. The number of hydrogen-bond donors (Lipinski definition) is 1. The summed E-state index contributed by atoms with van der Waals surface area (Å²) in [4.78, 5) is 0.601. The van der Waals surface area contributed by atoms with Gasteiger partial charge in [0.15, 0.2) is 0 Å². The number of ether oxygens (including phenoxy) is 1. The second kappa shape index (κ2) is 11.6. The van der Waals surface area contributed by atoms with Crippen LogP contribution in [-0.2, 0) is 38.6 Å². The summed E-state index contributed by atoms with van der Waals surface area (Å²) in [5.74, 6) is 0.919. The van der Waals surface area contributed by atoms with Crippen LogP contribution in [0.3, 0.4) is 0 Å². The van der Waals surface area contributed by atoms with E-state index in [1.807, 2.05) is 38.1 Å². The third-order valence-electron chi connectivity index (χ3n) is 5.93. The SMILES string of the molecule is CCc1ccc(N(CC(C)C)S(=O)(=O)c2ccc(S(=O)CC3CCOCC3)c(CO)c2)cc1. The number of nitrogens with zero attached hydrogens (tertiary/aromatic N) is 1. The summed E-state index contributed by atoms with van der Waals surface area (Å²) in [6, 6.07) is 12.1. The van der Waals surface area contributed by atoms with Crippen LogP contribution < -0.4 is 4.31 Å². The third-order valence-corrected chi connectivity index (χ3v) is 9.38. The predicted molar refractivity (Wildman–Crippen MR) is 132 cm³/mol. The van der Waals surface area contributed by atoms with Gasteiger partial charge in [0, 0.05) is 30.4 Å². The van der Waals surface area contributed by atoms with Gasteiger partial charge in [-0.15, -0.1) is 0 Å². The summed E-state index contributed by atoms with van der Waals surface area (Å²) in [5, 5.41) is 9.96. The van der Waals surface area contributed by atoms with Gasteiger partial charge in [-0.25, -0.2) is 8.42 Å². The standard InChI is InChI=1S/C25H35NO5S2/c1-4-20-5-7-23(8-6-20)26(16-19(2)3)33(29,30)24-9-10-25(22(15-24)17-27)32(28)18-21-11-13-31-14-12-21/h5-10,15,19,21,27H,4,11-14,16-18H2,1-3H3. The van der Waals surface area contributed by atoms with Gasteiger partial charge in [0.25, 0.3) is 10.0 Å². The lowest BCUT2D eigenvalue weighted by atomic mass is 10.0. The van der Waals surface area contributed by atoms with Crippen LogP contribution in [0, 0.1) is 11.8 Å². The molecule has 0 saturated carbocycles. The molecule has 2 aromatic rings. The molecule has 1 saturated heterocycles.